The van der Waals surface area contributed by atoms with Crippen LogP contribution in [-0.2, 0) is 5.41 Å². The zero-order valence-corrected chi connectivity index (χ0v) is 17.8. The molecule has 4 heterocycles. The van der Waals surface area contributed by atoms with E-state index in [0.29, 0.717) is 16.9 Å². The van der Waals surface area contributed by atoms with Crippen molar-refractivity contribution in [3.05, 3.63) is 69.6 Å². The summed E-state index contributed by atoms with van der Waals surface area (Å²) in [5, 5.41) is 0.883. The van der Waals surface area contributed by atoms with E-state index >= 15 is 0 Å². The largest absolute Gasteiger partial charge is 0.473 e. The van der Waals surface area contributed by atoms with Crippen molar-refractivity contribution in [1.82, 2.24) is 4.90 Å². The first-order valence-electron chi connectivity index (χ1n) is 10.7. The molecular formula is C25H26N2O3. The maximum atomic E-state index is 13.3. The molecule has 1 aliphatic carbocycles. The number of anilines is 1. The van der Waals surface area contributed by atoms with Gasteiger partial charge in [0.2, 0.25) is 0 Å². The van der Waals surface area contributed by atoms with Crippen molar-refractivity contribution in [3.63, 3.8) is 0 Å². The molecule has 7 rings (SSSR count). The van der Waals surface area contributed by atoms with Gasteiger partial charge in [-0.3, -0.25) is 4.90 Å². The molecule has 154 valence electrons. The fourth-order valence-corrected chi connectivity index (χ4v) is 6.18. The molecule has 0 N–H and O–H groups in total. The molecule has 1 aromatic heterocycles. The Morgan fingerprint density at radius 3 is 2.67 bits per heavy atom. The highest BCUT2D eigenvalue weighted by Crippen LogP contribution is 2.63. The van der Waals surface area contributed by atoms with Crippen molar-refractivity contribution in [2.75, 3.05) is 25.5 Å². The van der Waals surface area contributed by atoms with Crippen LogP contribution in [0.5, 0.6) is 5.75 Å². The van der Waals surface area contributed by atoms with E-state index in [4.69, 9.17) is 9.15 Å². The number of ether oxygens (including phenoxy) is 1. The van der Waals surface area contributed by atoms with Crippen molar-refractivity contribution in [3.8, 4) is 5.75 Å². The summed E-state index contributed by atoms with van der Waals surface area (Å²) in [6, 6.07) is 14.9. The van der Waals surface area contributed by atoms with Crippen LogP contribution in [0.15, 0.2) is 51.7 Å². The minimum Gasteiger partial charge on any atom is -0.473 e. The number of benzene rings is 2. The minimum absolute atomic E-state index is 0.0697. The molecule has 0 unspecified atom stereocenters. The number of hydrogen-bond acceptors (Lipinski definition) is 5. The molecule has 1 fully saturated rings. The van der Waals surface area contributed by atoms with Crippen LogP contribution in [0.3, 0.4) is 0 Å². The van der Waals surface area contributed by atoms with Gasteiger partial charge in [0.1, 0.15) is 11.3 Å². The van der Waals surface area contributed by atoms with Gasteiger partial charge < -0.3 is 14.1 Å². The first kappa shape index (κ1) is 18.0. The summed E-state index contributed by atoms with van der Waals surface area (Å²) in [7, 11) is 3.96. The van der Waals surface area contributed by atoms with Crippen LogP contribution >= 0.6 is 0 Å². The predicted molar refractivity (Wildman–Crippen MR) is 118 cm³/mol. The topological polar surface area (TPSA) is 45.9 Å². The second-order valence-corrected chi connectivity index (χ2v) is 9.25. The second kappa shape index (κ2) is 5.88. The summed E-state index contributed by atoms with van der Waals surface area (Å²) in [5.74, 6) is 0.833. The molecule has 4 bridgehead atoms. The first-order chi connectivity index (χ1) is 14.4. The normalized spacial score (nSPS) is 28.7. The third-order valence-electron chi connectivity index (χ3n) is 7.54. The van der Waals surface area contributed by atoms with Gasteiger partial charge >= 0.3 is 5.63 Å². The lowest BCUT2D eigenvalue weighted by Gasteiger charge is -2.61. The summed E-state index contributed by atoms with van der Waals surface area (Å²) in [6.45, 7) is 5.34. The van der Waals surface area contributed by atoms with E-state index in [0.717, 1.165) is 24.0 Å². The van der Waals surface area contributed by atoms with Crippen LogP contribution < -0.4 is 15.3 Å². The molecule has 3 aromatic rings. The summed E-state index contributed by atoms with van der Waals surface area (Å²) in [5.41, 5.74) is 4.42. The molecule has 0 spiro atoms. The van der Waals surface area contributed by atoms with E-state index in [1.807, 2.05) is 31.1 Å². The van der Waals surface area contributed by atoms with Gasteiger partial charge in [0.15, 0.2) is 6.23 Å². The molecule has 1 saturated heterocycles. The van der Waals surface area contributed by atoms with E-state index in [2.05, 4.69) is 49.1 Å². The Balaban J connectivity index is 1.64. The molecule has 4 atom stereocenters. The van der Waals surface area contributed by atoms with Crippen molar-refractivity contribution in [2.45, 2.75) is 43.9 Å². The maximum absolute atomic E-state index is 13.3. The number of hydrogen-bond donors (Lipinski definition) is 0. The van der Waals surface area contributed by atoms with Crippen molar-refractivity contribution >= 4 is 16.7 Å². The van der Waals surface area contributed by atoms with E-state index in [-0.39, 0.29) is 29.2 Å². The third kappa shape index (κ3) is 2.08. The van der Waals surface area contributed by atoms with Crippen LogP contribution in [0.2, 0.25) is 0 Å². The lowest BCUT2D eigenvalue weighted by Crippen LogP contribution is -2.63. The summed E-state index contributed by atoms with van der Waals surface area (Å²) >= 11 is 0. The molecular weight excluding hydrogens is 376 g/mol. The van der Waals surface area contributed by atoms with Gasteiger partial charge in [-0.2, -0.15) is 0 Å². The minimum atomic E-state index is -0.308. The summed E-state index contributed by atoms with van der Waals surface area (Å²) in [4.78, 5) is 17.8. The zero-order chi connectivity index (χ0) is 20.8. The average molecular weight is 402 g/mol. The Kier molecular flexibility index (Phi) is 3.53. The van der Waals surface area contributed by atoms with Gasteiger partial charge in [-0.05, 0) is 36.2 Å². The van der Waals surface area contributed by atoms with Crippen molar-refractivity contribution in [2.24, 2.45) is 0 Å². The molecule has 5 nitrogen and oxygen atoms in total. The van der Waals surface area contributed by atoms with Gasteiger partial charge in [-0.25, -0.2) is 4.79 Å². The monoisotopic (exact) mass is 402 g/mol. The maximum Gasteiger partial charge on any atom is 0.343 e. The average Bonchev–Trinajstić information content (AvgIpc) is 2.72. The SMILES string of the molecule is CCN1[C@@H]2Oc3c(c(=O)oc4cc(N(C)C)ccc34)[C@]3(C)C[C@H]1c1ccccc1[C@H]23. The van der Waals surface area contributed by atoms with Crippen LogP contribution in [-0.4, -0.2) is 31.8 Å². The zero-order valence-electron chi connectivity index (χ0n) is 17.8. The molecule has 4 aliphatic rings. The molecule has 0 amide bonds. The molecule has 0 saturated carbocycles. The van der Waals surface area contributed by atoms with Crippen LogP contribution in [0.1, 0.15) is 48.9 Å². The van der Waals surface area contributed by atoms with Crippen LogP contribution in [0.25, 0.3) is 11.0 Å². The van der Waals surface area contributed by atoms with Crippen LogP contribution in [0, 0.1) is 0 Å². The van der Waals surface area contributed by atoms with E-state index < -0.39 is 0 Å². The van der Waals surface area contributed by atoms with E-state index in [9.17, 15) is 4.79 Å². The fraction of sp³-hybridized carbons (Fsp3) is 0.400. The first-order valence-corrected chi connectivity index (χ1v) is 10.7. The van der Waals surface area contributed by atoms with Crippen molar-refractivity contribution in [1.29, 1.82) is 0 Å². The van der Waals surface area contributed by atoms with E-state index in [1.165, 1.54) is 11.1 Å². The standard InChI is InChI=1S/C25H26N2O3/c1-5-27-18-13-25(2)20(16-9-7-6-8-15(16)18)23(27)30-22-17-11-10-14(26(3)4)12-19(17)29-24(28)21(22)25/h6-12,18,20,23H,5,13H2,1-4H3/t18-,20+,23+,25+/m0/s1. The Morgan fingerprint density at radius 2 is 1.93 bits per heavy atom. The van der Waals surface area contributed by atoms with Gasteiger partial charge in [-0.15, -0.1) is 0 Å². The Hall–Kier alpha value is -2.79. The third-order valence-corrected chi connectivity index (χ3v) is 7.54. The molecule has 30 heavy (non-hydrogen) atoms. The summed E-state index contributed by atoms with van der Waals surface area (Å²) < 4.78 is 12.6. The highest BCUT2D eigenvalue weighted by molar-refractivity contribution is 5.88. The number of nitrogens with zero attached hydrogens (tertiary/aromatic N) is 2. The van der Waals surface area contributed by atoms with E-state index in [1.54, 1.807) is 0 Å². The lowest BCUT2D eigenvalue weighted by atomic mass is 9.55. The number of rotatable bonds is 2. The molecule has 2 aromatic carbocycles. The van der Waals surface area contributed by atoms with Gasteiger partial charge in [0, 0.05) is 43.2 Å². The lowest BCUT2D eigenvalue weighted by molar-refractivity contribution is -0.111. The quantitative estimate of drug-likeness (QED) is 0.595. The Labute approximate surface area is 175 Å². The van der Waals surface area contributed by atoms with Gasteiger partial charge in [-0.1, -0.05) is 38.1 Å². The smallest absolute Gasteiger partial charge is 0.343 e. The highest BCUT2D eigenvalue weighted by Gasteiger charge is 2.61. The second-order valence-electron chi connectivity index (χ2n) is 9.25. The van der Waals surface area contributed by atoms with Gasteiger partial charge in [0.05, 0.1) is 10.9 Å². The highest BCUT2D eigenvalue weighted by atomic mass is 16.5. The molecule has 0 radical (unpaired) electrons. The van der Waals surface area contributed by atoms with Crippen molar-refractivity contribution < 1.29 is 9.15 Å². The number of piperidine rings is 1. The number of fused-ring (bicyclic) bond motifs is 3. The fourth-order valence-electron chi connectivity index (χ4n) is 6.18. The predicted octanol–water partition coefficient (Wildman–Crippen LogP) is 4.40. The summed E-state index contributed by atoms with van der Waals surface area (Å²) in [6.07, 6.45) is 0.834. The number of likely N-dealkylation sites (N-methyl/N-ethyl adjacent to an activating group) is 1. The van der Waals surface area contributed by atoms with Gasteiger partial charge in [0.25, 0.3) is 0 Å². The molecule has 5 heteroatoms. The van der Waals surface area contributed by atoms with Crippen LogP contribution in [0.4, 0.5) is 5.69 Å². The Morgan fingerprint density at radius 1 is 1.17 bits per heavy atom. The molecule has 3 aliphatic heterocycles. The Bertz CT molecular complexity index is 1250.